The summed E-state index contributed by atoms with van der Waals surface area (Å²) in [6.07, 6.45) is 5.36. The van der Waals surface area contributed by atoms with E-state index < -0.39 is 18.9 Å². The van der Waals surface area contributed by atoms with Crippen molar-refractivity contribution >= 4 is 12.1 Å². The van der Waals surface area contributed by atoms with Crippen LogP contribution in [0.1, 0.15) is 47.5 Å². The molecule has 0 fully saturated rings. The lowest BCUT2D eigenvalue weighted by Crippen LogP contribution is -2.35. The van der Waals surface area contributed by atoms with Crippen LogP contribution in [0.15, 0.2) is 23.3 Å². The fourth-order valence-corrected chi connectivity index (χ4v) is 1.73. The van der Waals surface area contributed by atoms with Gasteiger partial charge < -0.3 is 19.5 Å². The lowest BCUT2D eigenvalue weighted by Gasteiger charge is -2.20. The third kappa shape index (κ3) is 10.8. The second kappa shape index (κ2) is 12.6. The van der Waals surface area contributed by atoms with Crippen molar-refractivity contribution in [2.75, 3.05) is 26.5 Å². The van der Waals surface area contributed by atoms with Gasteiger partial charge in [-0.2, -0.15) is 0 Å². The third-order valence-corrected chi connectivity index (χ3v) is 3.23. The molecule has 0 aliphatic rings. The van der Waals surface area contributed by atoms with Crippen molar-refractivity contribution < 1.29 is 24.2 Å². The number of hydrogen-bond donors (Lipinski definition) is 1. The van der Waals surface area contributed by atoms with Crippen molar-refractivity contribution in [2.45, 2.75) is 47.5 Å². The van der Waals surface area contributed by atoms with Gasteiger partial charge in [0.15, 0.2) is 0 Å². The minimum Gasteiger partial charge on any atom is -0.428 e. The zero-order valence-corrected chi connectivity index (χ0v) is 15.5. The van der Waals surface area contributed by atoms with Gasteiger partial charge in [0.2, 0.25) is 6.79 Å². The summed E-state index contributed by atoms with van der Waals surface area (Å²) >= 11 is 0. The van der Waals surface area contributed by atoms with E-state index in [2.05, 4.69) is 19.9 Å². The summed E-state index contributed by atoms with van der Waals surface area (Å²) in [6.45, 7) is 9.45. The van der Waals surface area contributed by atoms with Crippen LogP contribution in [0, 0.1) is 5.92 Å². The summed E-state index contributed by atoms with van der Waals surface area (Å²) in [5.74, 6) is -0.699. The number of amides is 1. The quantitative estimate of drug-likeness (QED) is 0.375. The number of carbonyl (C=O) groups excluding carboxylic acids is 2. The number of allylic oxidation sites excluding steroid dienone is 3. The van der Waals surface area contributed by atoms with Crippen LogP contribution in [-0.4, -0.2) is 48.6 Å². The van der Waals surface area contributed by atoms with Gasteiger partial charge in [0, 0.05) is 13.1 Å². The summed E-state index contributed by atoms with van der Waals surface area (Å²) in [4.78, 5) is 24.6. The Balaban J connectivity index is 4.38. The lowest BCUT2D eigenvalue weighted by molar-refractivity contribution is -0.156. The van der Waals surface area contributed by atoms with Gasteiger partial charge in [0.05, 0.1) is 12.5 Å². The van der Waals surface area contributed by atoms with E-state index >= 15 is 0 Å². The van der Waals surface area contributed by atoms with Gasteiger partial charge in [-0.3, -0.25) is 4.79 Å². The molecule has 6 nitrogen and oxygen atoms in total. The Hall–Kier alpha value is -1.82. The molecular weight excluding hydrogens is 310 g/mol. The Morgan fingerprint density at radius 2 is 1.79 bits per heavy atom. The molecule has 0 unspecified atom stereocenters. The predicted molar refractivity (Wildman–Crippen MR) is 93.4 cm³/mol. The number of esters is 1. The maximum absolute atomic E-state index is 12.0. The molecule has 0 aromatic rings. The molecule has 0 bridgehead atoms. The Labute approximate surface area is 145 Å². The molecule has 0 aromatic carbocycles. The molecule has 0 rings (SSSR count). The summed E-state index contributed by atoms with van der Waals surface area (Å²) < 4.78 is 9.73. The zero-order valence-electron chi connectivity index (χ0n) is 15.5. The van der Waals surface area contributed by atoms with E-state index in [1.807, 2.05) is 13.0 Å². The van der Waals surface area contributed by atoms with Crippen LogP contribution >= 0.6 is 0 Å². The number of aliphatic hydroxyl groups is 1. The van der Waals surface area contributed by atoms with Crippen LogP contribution < -0.4 is 0 Å². The topological polar surface area (TPSA) is 76.1 Å². The number of carbonyl (C=O) groups is 2. The second-order valence-electron chi connectivity index (χ2n) is 6.19. The van der Waals surface area contributed by atoms with Crippen molar-refractivity contribution in [1.29, 1.82) is 0 Å². The summed E-state index contributed by atoms with van der Waals surface area (Å²) in [7, 11) is 0. The molecule has 0 atom stereocenters. The fourth-order valence-electron chi connectivity index (χ4n) is 1.73. The van der Waals surface area contributed by atoms with Gasteiger partial charge in [-0.15, -0.1) is 0 Å². The van der Waals surface area contributed by atoms with Gasteiger partial charge in [-0.1, -0.05) is 37.1 Å². The van der Waals surface area contributed by atoms with Crippen molar-refractivity contribution in [3.05, 3.63) is 23.3 Å². The first kappa shape index (κ1) is 22.2. The molecule has 0 aliphatic heterocycles. The molecule has 138 valence electrons. The number of nitrogens with zero attached hydrogens (tertiary/aromatic N) is 1. The first-order valence-electron chi connectivity index (χ1n) is 8.26. The van der Waals surface area contributed by atoms with Crippen LogP contribution in [-0.2, 0) is 14.3 Å². The maximum Gasteiger partial charge on any atom is 0.413 e. The van der Waals surface area contributed by atoms with E-state index in [1.165, 1.54) is 10.5 Å². The van der Waals surface area contributed by atoms with Gasteiger partial charge in [0.1, 0.15) is 0 Å². The molecule has 0 saturated heterocycles. The molecule has 0 radical (unpaired) electrons. The highest BCUT2D eigenvalue weighted by molar-refractivity contribution is 5.72. The second-order valence-corrected chi connectivity index (χ2v) is 6.19. The van der Waals surface area contributed by atoms with E-state index in [4.69, 9.17) is 14.6 Å². The highest BCUT2D eigenvalue weighted by Gasteiger charge is 2.15. The van der Waals surface area contributed by atoms with Crippen molar-refractivity contribution in [2.24, 2.45) is 5.92 Å². The lowest BCUT2D eigenvalue weighted by atomic mass is 10.1. The van der Waals surface area contributed by atoms with Crippen molar-refractivity contribution in [3.63, 3.8) is 0 Å². The monoisotopic (exact) mass is 341 g/mol. The number of ether oxygens (including phenoxy) is 2. The Kier molecular flexibility index (Phi) is 11.6. The van der Waals surface area contributed by atoms with Gasteiger partial charge in [-0.25, -0.2) is 4.79 Å². The van der Waals surface area contributed by atoms with Crippen molar-refractivity contribution in [3.8, 4) is 0 Å². The van der Waals surface area contributed by atoms with Crippen LogP contribution in [0.5, 0.6) is 0 Å². The largest absolute Gasteiger partial charge is 0.428 e. The van der Waals surface area contributed by atoms with Crippen LogP contribution in [0.3, 0.4) is 0 Å². The standard InChI is InChI=1S/C18H31NO5/c1-14(2)7-6-8-16(5)9-10-19(11-12-20)18(22)24-13-23-17(21)15(3)4/h7,9,15,20H,6,8,10-13H2,1-5H3/b16-9+. The van der Waals surface area contributed by atoms with Crippen LogP contribution in [0.4, 0.5) is 4.79 Å². The van der Waals surface area contributed by atoms with Gasteiger partial charge in [-0.05, 0) is 33.6 Å². The van der Waals surface area contributed by atoms with E-state index in [0.717, 1.165) is 18.4 Å². The number of aliphatic hydroxyl groups excluding tert-OH is 1. The summed E-state index contributed by atoms with van der Waals surface area (Å²) in [5.41, 5.74) is 2.44. The molecule has 0 spiro atoms. The number of rotatable bonds is 10. The Morgan fingerprint density at radius 1 is 1.12 bits per heavy atom. The predicted octanol–water partition coefficient (Wildman–Crippen LogP) is 3.27. The Bertz CT molecular complexity index is 450. The Morgan fingerprint density at radius 3 is 2.33 bits per heavy atom. The van der Waals surface area contributed by atoms with Gasteiger partial charge >= 0.3 is 12.1 Å². The fraction of sp³-hybridized carbons (Fsp3) is 0.667. The highest BCUT2D eigenvalue weighted by Crippen LogP contribution is 2.07. The summed E-state index contributed by atoms with van der Waals surface area (Å²) in [6, 6.07) is 0. The summed E-state index contributed by atoms with van der Waals surface area (Å²) in [5, 5.41) is 9.08. The highest BCUT2D eigenvalue weighted by atomic mass is 16.7. The number of hydrogen-bond acceptors (Lipinski definition) is 5. The van der Waals surface area contributed by atoms with Crippen LogP contribution in [0.25, 0.3) is 0 Å². The first-order valence-corrected chi connectivity index (χ1v) is 8.26. The minimum atomic E-state index is -0.617. The van der Waals surface area contributed by atoms with E-state index in [1.54, 1.807) is 13.8 Å². The SMILES string of the molecule is CC(C)=CCC/C(C)=C/CN(CCO)C(=O)OCOC(=O)C(C)C. The van der Waals surface area contributed by atoms with Crippen molar-refractivity contribution in [1.82, 2.24) is 4.90 Å². The maximum atomic E-state index is 12.0. The molecule has 6 heteroatoms. The normalized spacial score (nSPS) is 11.2. The molecule has 0 heterocycles. The average Bonchev–Trinajstić information content (AvgIpc) is 2.50. The molecule has 1 amide bonds. The van der Waals surface area contributed by atoms with E-state index in [9.17, 15) is 9.59 Å². The molecule has 0 saturated carbocycles. The van der Waals surface area contributed by atoms with E-state index in [0.29, 0.717) is 6.54 Å². The molecular formula is C18H31NO5. The minimum absolute atomic E-state index is 0.161. The third-order valence-electron chi connectivity index (χ3n) is 3.23. The molecule has 24 heavy (non-hydrogen) atoms. The molecule has 1 N–H and O–H groups in total. The van der Waals surface area contributed by atoms with Crippen LogP contribution in [0.2, 0.25) is 0 Å². The van der Waals surface area contributed by atoms with Gasteiger partial charge in [0.25, 0.3) is 0 Å². The zero-order chi connectivity index (χ0) is 18.5. The smallest absolute Gasteiger partial charge is 0.413 e. The average molecular weight is 341 g/mol. The van der Waals surface area contributed by atoms with E-state index in [-0.39, 0.29) is 19.1 Å². The molecule has 0 aliphatic carbocycles. The first-order chi connectivity index (χ1) is 11.3. The molecule has 0 aromatic heterocycles.